The van der Waals surface area contributed by atoms with Crippen LogP contribution in [0.3, 0.4) is 0 Å². The van der Waals surface area contributed by atoms with Crippen LogP contribution in [0.1, 0.15) is 11.1 Å². The van der Waals surface area contributed by atoms with Crippen molar-refractivity contribution in [1.29, 1.82) is 0 Å². The fourth-order valence-corrected chi connectivity index (χ4v) is 1.96. The lowest BCUT2D eigenvalue weighted by Crippen LogP contribution is -2.06. The molecule has 1 N–H and O–H groups in total. The average Bonchev–Trinajstić information content (AvgIpc) is 2.42. The van der Waals surface area contributed by atoms with E-state index in [1.807, 2.05) is 0 Å². The summed E-state index contributed by atoms with van der Waals surface area (Å²) in [6, 6.07) is 8.70. The van der Waals surface area contributed by atoms with Gasteiger partial charge in [-0.25, -0.2) is 8.78 Å². The normalized spacial score (nSPS) is 10.6. The Balaban J connectivity index is 2.09. The van der Waals surface area contributed by atoms with Crippen molar-refractivity contribution < 1.29 is 13.5 Å². The lowest BCUT2D eigenvalue weighted by atomic mass is 10.2. The number of halogens is 3. The van der Waals surface area contributed by atoms with E-state index in [2.05, 4.69) is 5.32 Å². The van der Waals surface area contributed by atoms with Crippen LogP contribution in [0, 0.1) is 11.6 Å². The summed E-state index contributed by atoms with van der Waals surface area (Å²) < 4.78 is 32.2. The summed E-state index contributed by atoms with van der Waals surface area (Å²) in [6.45, 7) is 0.589. The number of benzene rings is 2. The minimum Gasteiger partial charge on any atom is -0.486 e. The molecule has 0 bridgehead atoms. The fraction of sp³-hybridized carbons (Fsp3) is 0.200. The molecule has 0 aliphatic rings. The summed E-state index contributed by atoms with van der Waals surface area (Å²) in [4.78, 5) is 0. The Morgan fingerprint density at radius 3 is 2.65 bits per heavy atom. The Kier molecular flexibility index (Phi) is 4.93. The Morgan fingerprint density at radius 1 is 1.15 bits per heavy atom. The lowest BCUT2D eigenvalue weighted by Gasteiger charge is -2.10. The van der Waals surface area contributed by atoms with Gasteiger partial charge in [0.2, 0.25) is 0 Å². The van der Waals surface area contributed by atoms with E-state index >= 15 is 0 Å². The first-order valence-corrected chi connectivity index (χ1v) is 6.47. The van der Waals surface area contributed by atoms with E-state index in [9.17, 15) is 8.78 Å². The van der Waals surface area contributed by atoms with Crippen LogP contribution >= 0.6 is 11.6 Å². The number of rotatable bonds is 5. The van der Waals surface area contributed by atoms with Gasteiger partial charge in [-0.1, -0.05) is 17.7 Å². The minimum atomic E-state index is -0.453. The van der Waals surface area contributed by atoms with Crippen molar-refractivity contribution in [3.63, 3.8) is 0 Å². The van der Waals surface area contributed by atoms with Crippen molar-refractivity contribution >= 4 is 11.6 Å². The largest absolute Gasteiger partial charge is 0.486 e. The molecule has 2 rings (SSSR count). The number of hydrogen-bond acceptors (Lipinski definition) is 2. The van der Waals surface area contributed by atoms with Gasteiger partial charge in [-0.05, 0) is 42.9 Å². The zero-order valence-corrected chi connectivity index (χ0v) is 11.7. The number of nitrogens with one attached hydrogen (secondary N) is 1. The van der Waals surface area contributed by atoms with Crippen molar-refractivity contribution in [3.8, 4) is 5.75 Å². The maximum Gasteiger partial charge on any atom is 0.165 e. The first kappa shape index (κ1) is 14.8. The van der Waals surface area contributed by atoms with Crippen molar-refractivity contribution in [2.75, 3.05) is 7.05 Å². The second-order valence-electron chi connectivity index (χ2n) is 4.32. The molecular formula is C15H14ClF2NO. The molecule has 0 heterocycles. The highest BCUT2D eigenvalue weighted by atomic mass is 35.5. The molecular weight excluding hydrogens is 284 g/mol. The van der Waals surface area contributed by atoms with Crippen LogP contribution in [-0.2, 0) is 13.2 Å². The van der Waals surface area contributed by atoms with Gasteiger partial charge >= 0.3 is 0 Å². The zero-order chi connectivity index (χ0) is 14.5. The molecule has 0 aromatic heterocycles. The highest BCUT2D eigenvalue weighted by Gasteiger charge is 2.07. The topological polar surface area (TPSA) is 21.3 Å². The molecule has 0 saturated heterocycles. The summed E-state index contributed by atoms with van der Waals surface area (Å²) in [6.07, 6.45) is 0. The molecule has 0 saturated carbocycles. The second kappa shape index (κ2) is 6.68. The SMILES string of the molecule is CNCc1ccc(OCc2cc(F)ccc2Cl)c(F)c1. The van der Waals surface area contributed by atoms with Crippen LogP contribution in [0.15, 0.2) is 36.4 Å². The van der Waals surface area contributed by atoms with Gasteiger partial charge in [-0.15, -0.1) is 0 Å². The van der Waals surface area contributed by atoms with Crippen LogP contribution in [0.25, 0.3) is 0 Å². The predicted molar refractivity (Wildman–Crippen MR) is 74.9 cm³/mol. The lowest BCUT2D eigenvalue weighted by molar-refractivity contribution is 0.289. The van der Waals surface area contributed by atoms with Crippen LogP contribution in [0.4, 0.5) is 8.78 Å². The first-order valence-electron chi connectivity index (χ1n) is 6.10. The molecule has 106 valence electrons. The first-order chi connectivity index (χ1) is 9.60. The number of ether oxygens (including phenoxy) is 1. The van der Waals surface area contributed by atoms with Crippen molar-refractivity contribution in [3.05, 3.63) is 64.2 Å². The molecule has 0 fully saturated rings. The second-order valence-corrected chi connectivity index (χ2v) is 4.73. The molecule has 5 heteroatoms. The Labute approximate surface area is 121 Å². The summed E-state index contributed by atoms with van der Waals surface area (Å²) in [7, 11) is 1.79. The van der Waals surface area contributed by atoms with Gasteiger partial charge in [-0.2, -0.15) is 0 Å². The molecule has 0 aliphatic heterocycles. The van der Waals surface area contributed by atoms with Crippen LogP contribution in [0.5, 0.6) is 5.75 Å². The van der Waals surface area contributed by atoms with Crippen LogP contribution in [-0.4, -0.2) is 7.05 Å². The molecule has 20 heavy (non-hydrogen) atoms. The van der Waals surface area contributed by atoms with Gasteiger partial charge in [0.05, 0.1) is 0 Å². The molecule has 0 aliphatic carbocycles. The van der Waals surface area contributed by atoms with E-state index in [0.717, 1.165) is 5.56 Å². The van der Waals surface area contributed by atoms with Crippen molar-refractivity contribution in [2.45, 2.75) is 13.2 Å². The zero-order valence-electron chi connectivity index (χ0n) is 10.9. The minimum absolute atomic E-state index is 0.0128. The molecule has 0 unspecified atom stereocenters. The Hall–Kier alpha value is -1.65. The molecule has 2 aromatic carbocycles. The smallest absolute Gasteiger partial charge is 0.165 e. The van der Waals surface area contributed by atoms with E-state index < -0.39 is 11.6 Å². The van der Waals surface area contributed by atoms with Gasteiger partial charge < -0.3 is 10.1 Å². The summed E-state index contributed by atoms with van der Waals surface area (Å²) in [5.41, 5.74) is 1.30. The van der Waals surface area contributed by atoms with Gasteiger partial charge in [-0.3, -0.25) is 0 Å². The van der Waals surface area contributed by atoms with E-state index in [4.69, 9.17) is 16.3 Å². The third-order valence-corrected chi connectivity index (χ3v) is 3.14. The van der Waals surface area contributed by atoms with Crippen LogP contribution < -0.4 is 10.1 Å². The quantitative estimate of drug-likeness (QED) is 0.903. The molecule has 2 nitrogen and oxygen atoms in total. The highest BCUT2D eigenvalue weighted by molar-refractivity contribution is 6.31. The summed E-state index contributed by atoms with van der Waals surface area (Å²) >= 11 is 5.92. The van der Waals surface area contributed by atoms with Gasteiger partial charge in [0.25, 0.3) is 0 Å². The molecule has 0 radical (unpaired) electrons. The monoisotopic (exact) mass is 297 g/mol. The maximum absolute atomic E-state index is 13.8. The van der Waals surface area contributed by atoms with Gasteiger partial charge in [0.15, 0.2) is 11.6 Å². The van der Waals surface area contributed by atoms with Gasteiger partial charge in [0, 0.05) is 17.1 Å². The molecule has 0 atom stereocenters. The van der Waals surface area contributed by atoms with E-state index in [1.54, 1.807) is 19.2 Å². The standard InChI is InChI=1S/C15H14ClF2NO/c1-19-8-10-2-5-15(14(18)6-10)20-9-11-7-12(17)3-4-13(11)16/h2-7,19H,8-9H2,1H3. The third kappa shape index (κ3) is 3.68. The van der Waals surface area contributed by atoms with E-state index in [-0.39, 0.29) is 12.4 Å². The average molecular weight is 298 g/mol. The fourth-order valence-electron chi connectivity index (χ4n) is 1.78. The summed E-state index contributed by atoms with van der Waals surface area (Å²) in [5, 5.41) is 3.32. The molecule has 2 aromatic rings. The Bertz CT molecular complexity index is 604. The maximum atomic E-state index is 13.8. The van der Waals surface area contributed by atoms with Crippen molar-refractivity contribution in [2.24, 2.45) is 0 Å². The predicted octanol–water partition coefficient (Wildman–Crippen LogP) is 3.92. The molecule has 0 spiro atoms. The molecule has 0 amide bonds. The number of hydrogen-bond donors (Lipinski definition) is 1. The third-order valence-electron chi connectivity index (χ3n) is 2.77. The van der Waals surface area contributed by atoms with Crippen LogP contribution in [0.2, 0.25) is 5.02 Å². The van der Waals surface area contributed by atoms with Crippen molar-refractivity contribution in [1.82, 2.24) is 5.32 Å². The highest BCUT2D eigenvalue weighted by Crippen LogP contribution is 2.22. The summed E-state index contributed by atoms with van der Waals surface area (Å²) in [5.74, 6) is -0.742. The van der Waals surface area contributed by atoms with E-state index in [0.29, 0.717) is 17.1 Å². The van der Waals surface area contributed by atoms with E-state index in [1.165, 1.54) is 24.3 Å². The Morgan fingerprint density at radius 2 is 1.95 bits per heavy atom. The van der Waals surface area contributed by atoms with Gasteiger partial charge in [0.1, 0.15) is 12.4 Å².